The zero-order valence-corrected chi connectivity index (χ0v) is 22.1. The van der Waals surface area contributed by atoms with E-state index in [9.17, 15) is 4.79 Å². The summed E-state index contributed by atoms with van der Waals surface area (Å²) < 4.78 is 2.48. The highest BCUT2D eigenvalue weighted by Gasteiger charge is 2.26. The number of carbonyl (C=O) groups is 1. The molecule has 2 fully saturated rings. The van der Waals surface area contributed by atoms with E-state index in [4.69, 9.17) is 5.73 Å². The molecule has 0 aliphatic heterocycles. The van der Waals surface area contributed by atoms with Crippen LogP contribution in [-0.2, 0) is 11.3 Å². The number of nitrogens with zero attached hydrogens (tertiary/aromatic N) is 1. The van der Waals surface area contributed by atoms with E-state index in [1.165, 1.54) is 66.1 Å². The van der Waals surface area contributed by atoms with Crippen molar-refractivity contribution in [3.8, 4) is 0 Å². The Morgan fingerprint density at radius 1 is 0.944 bits per heavy atom. The van der Waals surface area contributed by atoms with Crippen molar-refractivity contribution >= 4 is 16.7 Å². The van der Waals surface area contributed by atoms with Gasteiger partial charge in [-0.3, -0.25) is 4.79 Å². The molecule has 3 aromatic rings. The van der Waals surface area contributed by atoms with Crippen LogP contribution in [0.2, 0.25) is 0 Å². The largest absolute Gasteiger partial charge is 0.347 e. The van der Waals surface area contributed by atoms with E-state index in [-0.39, 0.29) is 5.92 Å². The molecule has 0 radical (unpaired) electrons. The van der Waals surface area contributed by atoms with Crippen LogP contribution in [-0.4, -0.2) is 16.4 Å². The minimum absolute atomic E-state index is 0.101. The summed E-state index contributed by atoms with van der Waals surface area (Å²) in [6, 6.07) is 18.0. The smallest absolute Gasteiger partial charge is 0.134 e. The van der Waals surface area contributed by atoms with Crippen LogP contribution in [0.5, 0.6) is 0 Å². The fourth-order valence-corrected chi connectivity index (χ4v) is 6.85. The Bertz CT molecular complexity index is 1150. The van der Waals surface area contributed by atoms with Gasteiger partial charge in [0.05, 0.1) is 0 Å². The molecule has 192 valence electrons. The van der Waals surface area contributed by atoms with Crippen LogP contribution < -0.4 is 5.73 Å². The molecule has 0 bridgehead atoms. The third-order valence-electron chi connectivity index (χ3n) is 8.98. The molecule has 2 N–H and O–H groups in total. The highest BCUT2D eigenvalue weighted by Crippen LogP contribution is 2.37. The lowest BCUT2D eigenvalue weighted by Gasteiger charge is -2.26. The molecule has 2 aromatic carbocycles. The van der Waals surface area contributed by atoms with Gasteiger partial charge >= 0.3 is 0 Å². The molecule has 5 rings (SSSR count). The van der Waals surface area contributed by atoms with Crippen LogP contribution in [0, 0.1) is 18.8 Å². The van der Waals surface area contributed by atoms with Crippen LogP contribution in [0.1, 0.15) is 99.7 Å². The van der Waals surface area contributed by atoms with Crippen molar-refractivity contribution in [3.05, 3.63) is 71.4 Å². The molecule has 1 unspecified atom stereocenters. The maximum atomic E-state index is 13.5. The second-order valence-corrected chi connectivity index (χ2v) is 11.8. The molecule has 3 heteroatoms. The van der Waals surface area contributed by atoms with Crippen molar-refractivity contribution in [2.24, 2.45) is 17.6 Å². The van der Waals surface area contributed by atoms with Gasteiger partial charge in [-0.05, 0) is 68.1 Å². The molecule has 36 heavy (non-hydrogen) atoms. The van der Waals surface area contributed by atoms with E-state index in [1.54, 1.807) is 0 Å². The van der Waals surface area contributed by atoms with Crippen LogP contribution >= 0.6 is 0 Å². The summed E-state index contributed by atoms with van der Waals surface area (Å²) in [4.78, 5) is 13.5. The third-order valence-corrected chi connectivity index (χ3v) is 8.98. The van der Waals surface area contributed by atoms with Crippen LogP contribution in [0.4, 0.5) is 0 Å². The Morgan fingerprint density at radius 2 is 1.72 bits per heavy atom. The van der Waals surface area contributed by atoms with Gasteiger partial charge in [0.1, 0.15) is 5.78 Å². The summed E-state index contributed by atoms with van der Waals surface area (Å²) in [5.74, 6) is 1.87. The van der Waals surface area contributed by atoms with Gasteiger partial charge in [-0.2, -0.15) is 0 Å². The van der Waals surface area contributed by atoms with Gasteiger partial charge in [-0.1, -0.05) is 80.1 Å². The fourth-order valence-electron chi connectivity index (χ4n) is 6.85. The number of hydrogen-bond acceptors (Lipinski definition) is 2. The standard InChI is InChI=1S/C33H44N2O/c1-24-8-7-11-27(20-24)31(22-29(36)21-26-14-16-28(34)17-15-26)32-23-35(33-13-6-5-12-30(32)33)19-18-25-9-3-2-4-10-25/h5-8,11-13,20,23,25-26,28,31H,2-4,9-10,14-19,21-22,34H2,1H3. The normalized spacial score (nSPS) is 22.1. The molecule has 1 heterocycles. The number of rotatable bonds is 9. The maximum Gasteiger partial charge on any atom is 0.134 e. The van der Waals surface area contributed by atoms with Gasteiger partial charge in [-0.15, -0.1) is 0 Å². The Balaban J connectivity index is 1.42. The molecule has 1 atom stereocenters. The molecular weight excluding hydrogens is 440 g/mol. The molecule has 0 amide bonds. The number of nitrogens with two attached hydrogens (primary N) is 1. The molecule has 0 spiro atoms. The first kappa shape index (κ1) is 25.3. The number of fused-ring (bicyclic) bond motifs is 1. The molecule has 3 nitrogen and oxygen atoms in total. The van der Waals surface area contributed by atoms with Crippen LogP contribution in [0.15, 0.2) is 54.7 Å². The average Bonchev–Trinajstić information content (AvgIpc) is 3.26. The van der Waals surface area contributed by atoms with Crippen molar-refractivity contribution in [2.75, 3.05) is 0 Å². The number of benzene rings is 2. The van der Waals surface area contributed by atoms with Crippen LogP contribution in [0.3, 0.4) is 0 Å². The highest BCUT2D eigenvalue weighted by atomic mass is 16.1. The number of para-hydroxylation sites is 1. The average molecular weight is 485 g/mol. The maximum absolute atomic E-state index is 13.5. The predicted molar refractivity (Wildman–Crippen MR) is 150 cm³/mol. The first-order chi connectivity index (χ1) is 17.6. The quantitative estimate of drug-likeness (QED) is 0.335. The molecular formula is C33H44N2O. The monoisotopic (exact) mass is 484 g/mol. The van der Waals surface area contributed by atoms with E-state index in [0.29, 0.717) is 30.6 Å². The lowest BCUT2D eigenvalue weighted by Crippen LogP contribution is -2.27. The van der Waals surface area contributed by atoms with Gasteiger partial charge in [0.25, 0.3) is 0 Å². The summed E-state index contributed by atoms with van der Waals surface area (Å²) in [7, 11) is 0. The molecule has 1 aromatic heterocycles. The Morgan fingerprint density at radius 3 is 2.50 bits per heavy atom. The summed E-state index contributed by atoms with van der Waals surface area (Å²) in [5, 5.41) is 1.31. The third kappa shape index (κ3) is 6.11. The second kappa shape index (κ2) is 11.8. The Hall–Kier alpha value is -2.39. The Kier molecular flexibility index (Phi) is 8.26. The van der Waals surface area contributed by atoms with E-state index >= 15 is 0 Å². The van der Waals surface area contributed by atoms with Gasteiger partial charge < -0.3 is 10.3 Å². The summed E-state index contributed by atoms with van der Waals surface area (Å²) in [6.07, 6.45) is 16.2. The van der Waals surface area contributed by atoms with Crippen molar-refractivity contribution in [3.63, 3.8) is 0 Å². The number of carbonyl (C=O) groups excluding carboxylic acids is 1. The molecule has 2 aliphatic rings. The number of hydrogen-bond donors (Lipinski definition) is 1. The van der Waals surface area contributed by atoms with Crippen molar-refractivity contribution < 1.29 is 4.79 Å². The SMILES string of the molecule is Cc1cccc(C(CC(=O)CC2CCC(N)CC2)c2cn(CCC3CCCCC3)c3ccccc23)c1. The highest BCUT2D eigenvalue weighted by molar-refractivity contribution is 5.87. The first-order valence-corrected chi connectivity index (χ1v) is 14.5. The Labute approximate surface area is 217 Å². The summed E-state index contributed by atoms with van der Waals surface area (Å²) >= 11 is 0. The zero-order chi connectivity index (χ0) is 24.9. The number of aryl methyl sites for hydroxylation is 2. The van der Waals surface area contributed by atoms with Crippen molar-refractivity contribution in [1.29, 1.82) is 0 Å². The lowest BCUT2D eigenvalue weighted by atomic mass is 9.80. The topological polar surface area (TPSA) is 48.0 Å². The minimum Gasteiger partial charge on any atom is -0.347 e. The van der Waals surface area contributed by atoms with Crippen LogP contribution in [0.25, 0.3) is 10.9 Å². The van der Waals surface area contributed by atoms with Gasteiger partial charge in [0.15, 0.2) is 0 Å². The lowest BCUT2D eigenvalue weighted by molar-refractivity contribution is -0.120. The van der Waals surface area contributed by atoms with Crippen molar-refractivity contribution in [2.45, 2.75) is 102 Å². The van der Waals surface area contributed by atoms with E-state index in [0.717, 1.165) is 38.1 Å². The van der Waals surface area contributed by atoms with Gasteiger partial charge in [0, 0.05) is 48.4 Å². The van der Waals surface area contributed by atoms with Gasteiger partial charge in [-0.25, -0.2) is 0 Å². The number of Topliss-reactive ketones (excluding diaryl/α,β-unsaturated/α-hetero) is 1. The fraction of sp³-hybridized carbons (Fsp3) is 0.545. The molecule has 2 saturated carbocycles. The van der Waals surface area contributed by atoms with Gasteiger partial charge in [0.2, 0.25) is 0 Å². The second-order valence-electron chi connectivity index (χ2n) is 11.8. The van der Waals surface area contributed by atoms with E-state index in [2.05, 4.69) is 66.2 Å². The number of aromatic nitrogens is 1. The number of ketones is 1. The van der Waals surface area contributed by atoms with Crippen molar-refractivity contribution in [1.82, 2.24) is 4.57 Å². The first-order valence-electron chi connectivity index (χ1n) is 14.5. The minimum atomic E-state index is 0.101. The van der Waals surface area contributed by atoms with E-state index < -0.39 is 0 Å². The molecule has 0 saturated heterocycles. The molecule has 2 aliphatic carbocycles. The zero-order valence-electron chi connectivity index (χ0n) is 22.1. The summed E-state index contributed by atoms with van der Waals surface area (Å²) in [5.41, 5.74) is 11.3. The predicted octanol–water partition coefficient (Wildman–Crippen LogP) is 7.92. The summed E-state index contributed by atoms with van der Waals surface area (Å²) in [6.45, 7) is 3.23. The van der Waals surface area contributed by atoms with E-state index in [1.807, 2.05) is 0 Å².